The predicted molar refractivity (Wildman–Crippen MR) is 116 cm³/mol. The Morgan fingerprint density at radius 3 is 2.55 bits per heavy atom. The van der Waals surface area contributed by atoms with Crippen LogP contribution in [0.3, 0.4) is 0 Å². The van der Waals surface area contributed by atoms with E-state index in [0.717, 1.165) is 17.8 Å². The van der Waals surface area contributed by atoms with Gasteiger partial charge in [0.25, 0.3) is 5.91 Å². The van der Waals surface area contributed by atoms with Gasteiger partial charge in [-0.1, -0.05) is 35.3 Å². The highest BCUT2D eigenvalue weighted by Gasteiger charge is 2.33. The van der Waals surface area contributed by atoms with Crippen LogP contribution in [0, 0.1) is 0 Å². The molecule has 6 nitrogen and oxygen atoms in total. The molecule has 1 aliphatic heterocycles. The molecule has 0 atom stereocenters. The summed E-state index contributed by atoms with van der Waals surface area (Å²) in [5.74, 6) is -1.78. The molecule has 1 saturated heterocycles. The number of aromatic carboxylic acids is 1. The lowest BCUT2D eigenvalue weighted by atomic mass is 10.2. The van der Waals surface area contributed by atoms with Crippen LogP contribution in [0.1, 0.15) is 15.9 Å². The summed E-state index contributed by atoms with van der Waals surface area (Å²) in [7, 11) is 0. The maximum Gasteiger partial charge on any atom is 0.338 e. The third-order valence-corrected chi connectivity index (χ3v) is 5.57. The van der Waals surface area contributed by atoms with Crippen molar-refractivity contribution in [3.05, 3.63) is 75.1 Å². The van der Waals surface area contributed by atoms with Gasteiger partial charge in [0.15, 0.2) is 5.17 Å². The minimum absolute atomic E-state index is 0.108. The number of benzene rings is 2. The molecule has 9 heteroatoms. The maximum atomic E-state index is 12.9. The fourth-order valence-electron chi connectivity index (χ4n) is 2.56. The summed E-state index contributed by atoms with van der Waals surface area (Å²) < 4.78 is 0. The number of halogens is 2. The Labute approximate surface area is 180 Å². The maximum absolute atomic E-state index is 12.9. The van der Waals surface area contributed by atoms with Crippen molar-refractivity contribution >= 4 is 63.8 Å². The molecule has 0 saturated carbocycles. The van der Waals surface area contributed by atoms with Crippen LogP contribution in [0.25, 0.3) is 6.08 Å². The zero-order valence-electron chi connectivity index (χ0n) is 14.8. The van der Waals surface area contributed by atoms with Crippen molar-refractivity contribution < 1.29 is 19.8 Å². The van der Waals surface area contributed by atoms with Crippen LogP contribution >= 0.6 is 35.0 Å². The lowest BCUT2D eigenvalue weighted by Crippen LogP contribution is -2.29. The van der Waals surface area contributed by atoms with Crippen molar-refractivity contribution in [3.8, 4) is 5.75 Å². The number of rotatable bonds is 5. The molecule has 0 radical (unpaired) electrons. The van der Waals surface area contributed by atoms with E-state index in [9.17, 15) is 19.8 Å². The highest BCUT2D eigenvalue weighted by Crippen LogP contribution is 2.37. The Hall–Kier alpha value is -2.74. The quantitative estimate of drug-likeness (QED) is 0.485. The van der Waals surface area contributed by atoms with Crippen LogP contribution < -0.4 is 0 Å². The van der Waals surface area contributed by atoms with Crippen molar-refractivity contribution in [3.63, 3.8) is 0 Å². The smallest absolute Gasteiger partial charge is 0.338 e. The summed E-state index contributed by atoms with van der Waals surface area (Å²) in [6.45, 7) is 3.83. The number of aromatic hydroxyl groups is 1. The SMILES string of the molecule is C=CCN1C(=O)/C(=C/c2c(Cl)cccc2Cl)SC1=Nc1ccc(O)cc1C(=O)O. The topological polar surface area (TPSA) is 90.2 Å². The first-order valence-corrected chi connectivity index (χ1v) is 9.80. The molecule has 148 valence electrons. The van der Waals surface area contributed by atoms with Crippen molar-refractivity contribution in [2.45, 2.75) is 0 Å². The minimum Gasteiger partial charge on any atom is -0.508 e. The number of amides is 1. The van der Waals surface area contributed by atoms with Crippen molar-refractivity contribution in [2.24, 2.45) is 4.99 Å². The van der Waals surface area contributed by atoms with Crippen molar-refractivity contribution in [1.29, 1.82) is 0 Å². The number of hydrogen-bond acceptors (Lipinski definition) is 5. The number of carbonyl (C=O) groups is 2. The molecule has 1 heterocycles. The molecular formula is C20H14Cl2N2O4S. The monoisotopic (exact) mass is 448 g/mol. The van der Waals surface area contributed by atoms with Crippen LogP contribution in [0.15, 0.2) is 59.0 Å². The van der Waals surface area contributed by atoms with Gasteiger partial charge in [0.2, 0.25) is 0 Å². The van der Waals surface area contributed by atoms with Gasteiger partial charge < -0.3 is 10.2 Å². The summed E-state index contributed by atoms with van der Waals surface area (Å²) >= 11 is 13.4. The van der Waals surface area contributed by atoms with Crippen LogP contribution in [-0.4, -0.2) is 38.7 Å². The van der Waals surface area contributed by atoms with Gasteiger partial charge in [-0.25, -0.2) is 9.79 Å². The minimum atomic E-state index is -1.25. The molecule has 3 rings (SSSR count). The third kappa shape index (κ3) is 4.48. The molecule has 29 heavy (non-hydrogen) atoms. The van der Waals surface area contributed by atoms with E-state index in [-0.39, 0.29) is 34.6 Å². The average Bonchev–Trinajstić information content (AvgIpc) is 2.95. The number of nitrogens with zero attached hydrogens (tertiary/aromatic N) is 2. The number of carbonyl (C=O) groups excluding carboxylic acids is 1. The Morgan fingerprint density at radius 1 is 1.24 bits per heavy atom. The number of phenols is 1. The molecule has 1 amide bonds. The second kappa shape index (κ2) is 8.73. The summed E-state index contributed by atoms with van der Waals surface area (Å²) in [5.41, 5.74) is 0.426. The first-order chi connectivity index (χ1) is 13.8. The Kier molecular flexibility index (Phi) is 6.32. The zero-order valence-corrected chi connectivity index (χ0v) is 17.1. The van der Waals surface area contributed by atoms with E-state index in [4.69, 9.17) is 23.2 Å². The van der Waals surface area contributed by atoms with Gasteiger partial charge in [0.1, 0.15) is 5.75 Å². The molecule has 0 spiro atoms. The number of carboxylic acids is 1. The number of amidine groups is 1. The van der Waals surface area contributed by atoms with Gasteiger partial charge in [-0.15, -0.1) is 6.58 Å². The highest BCUT2D eigenvalue weighted by atomic mass is 35.5. The lowest BCUT2D eigenvalue weighted by Gasteiger charge is -2.13. The molecule has 0 aromatic heterocycles. The first-order valence-electron chi connectivity index (χ1n) is 8.23. The van der Waals surface area contributed by atoms with Gasteiger partial charge in [0.05, 0.1) is 16.2 Å². The second-order valence-electron chi connectivity index (χ2n) is 5.85. The van der Waals surface area contributed by atoms with Gasteiger partial charge in [-0.3, -0.25) is 9.69 Å². The zero-order chi connectivity index (χ0) is 21.1. The van der Waals surface area contributed by atoms with E-state index in [1.807, 2.05) is 0 Å². The van der Waals surface area contributed by atoms with E-state index < -0.39 is 5.97 Å². The fourth-order valence-corrected chi connectivity index (χ4v) is 4.05. The molecule has 0 bridgehead atoms. The number of phenolic OH excluding ortho intramolecular Hbond substituents is 1. The van der Waals surface area contributed by atoms with E-state index in [0.29, 0.717) is 20.5 Å². The highest BCUT2D eigenvalue weighted by molar-refractivity contribution is 8.18. The van der Waals surface area contributed by atoms with Gasteiger partial charge >= 0.3 is 5.97 Å². The average molecular weight is 449 g/mol. The normalized spacial score (nSPS) is 16.6. The van der Waals surface area contributed by atoms with Crippen molar-refractivity contribution in [1.82, 2.24) is 4.90 Å². The van der Waals surface area contributed by atoms with Crippen LogP contribution in [0.5, 0.6) is 5.75 Å². The second-order valence-corrected chi connectivity index (χ2v) is 7.67. The largest absolute Gasteiger partial charge is 0.508 e. The molecule has 1 aliphatic rings. The third-order valence-electron chi connectivity index (χ3n) is 3.90. The number of hydrogen-bond donors (Lipinski definition) is 2. The van der Waals surface area contributed by atoms with Gasteiger partial charge in [-0.05, 0) is 48.2 Å². The fraction of sp³-hybridized carbons (Fsp3) is 0.0500. The Morgan fingerprint density at radius 2 is 1.93 bits per heavy atom. The summed E-state index contributed by atoms with van der Waals surface area (Å²) in [6, 6.07) is 8.82. The summed E-state index contributed by atoms with van der Waals surface area (Å²) in [6.07, 6.45) is 3.11. The number of aliphatic imine (C=N–C) groups is 1. The molecule has 0 aliphatic carbocycles. The first kappa shape index (κ1) is 21.0. The molecular weight excluding hydrogens is 435 g/mol. The summed E-state index contributed by atoms with van der Waals surface area (Å²) in [5, 5.41) is 20.0. The Bertz CT molecular complexity index is 1060. The Balaban J connectivity index is 2.07. The molecule has 2 aromatic carbocycles. The van der Waals surface area contributed by atoms with Crippen molar-refractivity contribution in [2.75, 3.05) is 6.54 Å². The number of thioether (sulfide) groups is 1. The van der Waals surface area contributed by atoms with Crippen LogP contribution in [0.2, 0.25) is 10.0 Å². The molecule has 2 N–H and O–H groups in total. The van der Waals surface area contributed by atoms with Crippen LogP contribution in [-0.2, 0) is 4.79 Å². The number of carboxylic acid groups (broad SMARTS) is 1. The standard InChI is InChI=1S/C20H14Cl2N2O4S/c1-2-8-24-18(26)17(10-12-14(21)4-3-5-15(12)22)29-20(24)23-16-7-6-11(25)9-13(16)19(27)28/h2-7,9-10,25H,1,8H2,(H,27,28)/b17-10-,23-20?. The molecule has 1 fully saturated rings. The van der Waals surface area contributed by atoms with E-state index in [2.05, 4.69) is 11.6 Å². The predicted octanol–water partition coefficient (Wildman–Crippen LogP) is 5.19. The summed E-state index contributed by atoms with van der Waals surface area (Å²) in [4.78, 5) is 30.4. The van der Waals surface area contributed by atoms with E-state index in [1.165, 1.54) is 23.1 Å². The van der Waals surface area contributed by atoms with E-state index in [1.54, 1.807) is 24.3 Å². The van der Waals surface area contributed by atoms with Gasteiger partial charge in [0, 0.05) is 22.2 Å². The molecule has 2 aromatic rings. The van der Waals surface area contributed by atoms with E-state index >= 15 is 0 Å². The molecule has 0 unspecified atom stereocenters. The van der Waals surface area contributed by atoms with Crippen LogP contribution in [0.4, 0.5) is 5.69 Å². The van der Waals surface area contributed by atoms with Gasteiger partial charge in [-0.2, -0.15) is 0 Å². The lowest BCUT2D eigenvalue weighted by molar-refractivity contribution is -0.121.